The molecule has 5 N–H and O–H groups in total. The van der Waals surface area contributed by atoms with Crippen molar-refractivity contribution in [1.82, 2.24) is 0 Å². The van der Waals surface area contributed by atoms with Crippen LogP contribution in [0.2, 0.25) is 0 Å². The van der Waals surface area contributed by atoms with Gasteiger partial charge in [0.05, 0.1) is 12.2 Å². The van der Waals surface area contributed by atoms with E-state index < -0.39 is 37.3 Å². The van der Waals surface area contributed by atoms with Gasteiger partial charge in [-0.05, 0) is 29.3 Å². The van der Waals surface area contributed by atoms with Gasteiger partial charge in [-0.15, -0.1) is 6.42 Å². The van der Waals surface area contributed by atoms with Gasteiger partial charge in [0.25, 0.3) is 0 Å². The van der Waals surface area contributed by atoms with E-state index in [0.717, 1.165) is 11.1 Å². The average Bonchev–Trinajstić information content (AvgIpc) is 2.61. The molecule has 0 spiro atoms. The van der Waals surface area contributed by atoms with Crippen LogP contribution in [0.4, 0.5) is 5.69 Å². The summed E-state index contributed by atoms with van der Waals surface area (Å²) in [6.07, 6.45) is 1.97. The van der Waals surface area contributed by atoms with Gasteiger partial charge < -0.3 is 30.5 Å². The number of hydrogen-bond acceptors (Lipinski definition) is 7. The molecule has 0 aromatic heterocycles. The van der Waals surface area contributed by atoms with E-state index >= 15 is 0 Å². The molecule has 1 heterocycles. The van der Waals surface area contributed by atoms with Gasteiger partial charge in [0, 0.05) is 12.1 Å². The lowest BCUT2D eigenvalue weighted by Gasteiger charge is -2.40. The second-order valence-electron chi connectivity index (χ2n) is 6.11. The van der Waals surface area contributed by atoms with E-state index in [1.165, 1.54) is 0 Å². The number of rotatable bonds is 3. The van der Waals surface area contributed by atoms with Crippen molar-refractivity contribution in [2.75, 3.05) is 11.9 Å². The van der Waals surface area contributed by atoms with Crippen molar-refractivity contribution in [3.05, 3.63) is 34.9 Å². The van der Waals surface area contributed by atoms with Crippen LogP contribution in [0.15, 0.2) is 23.8 Å². The van der Waals surface area contributed by atoms with E-state index in [2.05, 4.69) is 11.2 Å². The molecule has 0 radical (unpaired) electrons. The number of Topliss-reactive ketones (excluding diaryl/α,β-unsaturated/α-hetero) is 1. The van der Waals surface area contributed by atoms with E-state index in [0.29, 0.717) is 11.3 Å². The van der Waals surface area contributed by atoms with Crippen LogP contribution in [0.25, 0.3) is 6.08 Å². The van der Waals surface area contributed by atoms with Gasteiger partial charge in [0.1, 0.15) is 24.4 Å². The van der Waals surface area contributed by atoms with Gasteiger partial charge in [-0.1, -0.05) is 12.0 Å². The molecule has 7 nitrogen and oxygen atoms in total. The number of aliphatic hydroxyl groups is 4. The second kappa shape index (κ2) is 6.96. The van der Waals surface area contributed by atoms with Crippen molar-refractivity contribution in [2.24, 2.45) is 0 Å². The van der Waals surface area contributed by atoms with Gasteiger partial charge in [-0.25, -0.2) is 0 Å². The number of benzene rings is 1. The molecule has 2 unspecified atom stereocenters. The molecule has 1 aliphatic carbocycles. The molecule has 0 amide bonds. The number of allylic oxidation sites excluding steroid dienone is 1. The largest absolute Gasteiger partial charge is 0.394 e. The van der Waals surface area contributed by atoms with Crippen LogP contribution in [0.3, 0.4) is 0 Å². The summed E-state index contributed by atoms with van der Waals surface area (Å²) in [5.74, 6) is 2.22. The Morgan fingerprint density at radius 2 is 2.04 bits per heavy atom. The summed E-state index contributed by atoms with van der Waals surface area (Å²) in [6.45, 7) is -0.521. The standard InChI is InChI=1S/C18H19NO6/c1-2-9-5-10-3-4-12(6-11(10)7-13(9)21)19-15-17(23)16(22)14(8-20)25-18(15)24/h1,3-6,14-20,22-24H,7-8H2/t14?,15?,16-,17-,18-/m0/s1. The highest BCUT2D eigenvalue weighted by Gasteiger charge is 2.43. The zero-order chi connectivity index (χ0) is 18.1. The molecule has 7 heteroatoms. The Morgan fingerprint density at radius 3 is 2.72 bits per heavy atom. The summed E-state index contributed by atoms with van der Waals surface area (Å²) < 4.78 is 5.11. The Bertz CT molecular complexity index is 752. The third kappa shape index (κ3) is 3.31. The van der Waals surface area contributed by atoms with Crippen molar-refractivity contribution in [3.8, 4) is 12.3 Å². The fraction of sp³-hybridized carbons (Fsp3) is 0.389. The van der Waals surface area contributed by atoms with E-state index in [-0.39, 0.29) is 12.2 Å². The van der Waals surface area contributed by atoms with Gasteiger partial charge in [0.15, 0.2) is 12.1 Å². The molecule has 1 fully saturated rings. The number of aliphatic hydroxyl groups excluding tert-OH is 4. The van der Waals surface area contributed by atoms with E-state index in [4.69, 9.17) is 16.3 Å². The molecule has 132 valence electrons. The minimum atomic E-state index is -1.42. The van der Waals surface area contributed by atoms with Gasteiger partial charge in [-0.2, -0.15) is 0 Å². The summed E-state index contributed by atoms with van der Waals surface area (Å²) in [6, 6.07) is 4.22. The van der Waals surface area contributed by atoms with Crippen molar-refractivity contribution in [3.63, 3.8) is 0 Å². The predicted molar refractivity (Wildman–Crippen MR) is 89.4 cm³/mol. The first-order chi connectivity index (χ1) is 11.9. The number of carbonyl (C=O) groups excluding carboxylic acids is 1. The first-order valence-electron chi connectivity index (χ1n) is 7.86. The molecule has 1 aromatic carbocycles. The van der Waals surface area contributed by atoms with Crippen molar-refractivity contribution in [1.29, 1.82) is 0 Å². The fourth-order valence-electron chi connectivity index (χ4n) is 3.06. The SMILES string of the molecule is C#CC1=Cc2ccc(NC3[C@@H](O)OC(CO)[C@H](O)[C@H]3O)cc2CC1=O. The Labute approximate surface area is 144 Å². The summed E-state index contributed by atoms with van der Waals surface area (Å²) in [5, 5.41) is 42.1. The van der Waals surface area contributed by atoms with Crippen LogP contribution in [-0.2, 0) is 16.0 Å². The number of ketones is 1. The quantitative estimate of drug-likeness (QED) is 0.448. The maximum atomic E-state index is 11.9. The van der Waals surface area contributed by atoms with Crippen LogP contribution < -0.4 is 5.32 Å². The zero-order valence-electron chi connectivity index (χ0n) is 13.3. The molecule has 5 atom stereocenters. The molecular formula is C18H19NO6. The first kappa shape index (κ1) is 17.6. The monoisotopic (exact) mass is 345 g/mol. The van der Waals surface area contributed by atoms with Crippen molar-refractivity contribution < 1.29 is 30.0 Å². The van der Waals surface area contributed by atoms with Crippen LogP contribution >= 0.6 is 0 Å². The topological polar surface area (TPSA) is 119 Å². The molecule has 3 rings (SSSR count). The highest BCUT2D eigenvalue weighted by molar-refractivity contribution is 6.07. The Hall–Kier alpha value is -2.21. The Balaban J connectivity index is 1.81. The number of anilines is 1. The number of ether oxygens (including phenoxy) is 1. The molecule has 2 aliphatic rings. The van der Waals surface area contributed by atoms with Crippen molar-refractivity contribution >= 4 is 17.5 Å². The lowest BCUT2D eigenvalue weighted by atomic mass is 9.91. The molecule has 0 bridgehead atoms. The summed E-state index contributed by atoms with van der Waals surface area (Å²) in [7, 11) is 0. The predicted octanol–water partition coefficient (Wildman–Crippen LogP) is -0.960. The third-order valence-electron chi connectivity index (χ3n) is 4.48. The van der Waals surface area contributed by atoms with Gasteiger partial charge >= 0.3 is 0 Å². The summed E-state index contributed by atoms with van der Waals surface area (Å²) in [5.41, 5.74) is 2.48. The fourth-order valence-corrected chi connectivity index (χ4v) is 3.06. The van der Waals surface area contributed by atoms with Crippen molar-refractivity contribution in [2.45, 2.75) is 37.1 Å². The third-order valence-corrected chi connectivity index (χ3v) is 4.48. The molecule has 0 saturated carbocycles. The Morgan fingerprint density at radius 1 is 1.28 bits per heavy atom. The number of carbonyl (C=O) groups is 1. The highest BCUT2D eigenvalue weighted by Crippen LogP contribution is 2.27. The number of terminal acetylenes is 1. The van der Waals surface area contributed by atoms with Gasteiger partial charge in [-0.3, -0.25) is 4.79 Å². The van der Waals surface area contributed by atoms with Crippen LogP contribution in [0.1, 0.15) is 11.1 Å². The minimum Gasteiger partial charge on any atom is -0.394 e. The number of hydrogen-bond donors (Lipinski definition) is 5. The smallest absolute Gasteiger partial charge is 0.178 e. The van der Waals surface area contributed by atoms with Crippen LogP contribution in [0, 0.1) is 12.3 Å². The van der Waals surface area contributed by atoms with Crippen LogP contribution in [-0.4, -0.2) is 63.5 Å². The summed E-state index contributed by atoms with van der Waals surface area (Å²) >= 11 is 0. The normalized spacial score (nSPS) is 31.7. The number of nitrogens with one attached hydrogen (secondary N) is 1. The minimum absolute atomic E-state index is 0.144. The average molecular weight is 345 g/mol. The Kier molecular flexibility index (Phi) is 4.90. The summed E-state index contributed by atoms with van der Waals surface area (Å²) in [4.78, 5) is 11.9. The number of fused-ring (bicyclic) bond motifs is 1. The van der Waals surface area contributed by atoms with E-state index in [9.17, 15) is 20.1 Å². The molecule has 1 saturated heterocycles. The maximum absolute atomic E-state index is 11.9. The van der Waals surface area contributed by atoms with E-state index in [1.807, 2.05) is 0 Å². The van der Waals surface area contributed by atoms with E-state index in [1.54, 1.807) is 24.3 Å². The molecular weight excluding hydrogens is 326 g/mol. The molecule has 1 aliphatic heterocycles. The second-order valence-corrected chi connectivity index (χ2v) is 6.11. The molecule has 25 heavy (non-hydrogen) atoms. The lowest BCUT2D eigenvalue weighted by molar-refractivity contribution is -0.245. The zero-order valence-corrected chi connectivity index (χ0v) is 13.3. The van der Waals surface area contributed by atoms with Gasteiger partial charge in [0.2, 0.25) is 0 Å². The highest BCUT2D eigenvalue weighted by atomic mass is 16.6. The molecule has 1 aromatic rings. The maximum Gasteiger partial charge on any atom is 0.178 e. The first-order valence-corrected chi connectivity index (χ1v) is 7.86. The van der Waals surface area contributed by atoms with Crippen LogP contribution in [0.5, 0.6) is 0 Å². The lowest BCUT2D eigenvalue weighted by Crippen LogP contribution is -2.61.